The van der Waals surface area contributed by atoms with Crippen LogP contribution in [0.3, 0.4) is 0 Å². The third kappa shape index (κ3) is 3.35. The summed E-state index contributed by atoms with van der Waals surface area (Å²) in [5.41, 5.74) is 1.84. The molecule has 0 N–H and O–H groups in total. The van der Waals surface area contributed by atoms with Crippen LogP contribution in [0.5, 0.6) is 0 Å². The van der Waals surface area contributed by atoms with Crippen LogP contribution in [0.4, 0.5) is 13.2 Å². The van der Waals surface area contributed by atoms with Crippen LogP contribution >= 0.6 is 11.6 Å². The average molecular weight is 335 g/mol. The fourth-order valence-electron chi connectivity index (χ4n) is 2.17. The van der Waals surface area contributed by atoms with Crippen molar-refractivity contribution in [3.8, 4) is 22.4 Å². The highest BCUT2D eigenvalue weighted by Crippen LogP contribution is 2.32. The van der Waals surface area contributed by atoms with Gasteiger partial charge in [0.2, 0.25) is 0 Å². The zero-order chi connectivity index (χ0) is 16.4. The van der Waals surface area contributed by atoms with Crippen LogP contribution < -0.4 is 0 Å². The molecule has 0 bridgehead atoms. The van der Waals surface area contributed by atoms with Crippen molar-refractivity contribution in [1.29, 1.82) is 0 Å². The van der Waals surface area contributed by atoms with E-state index in [2.05, 4.69) is 10.2 Å². The van der Waals surface area contributed by atoms with E-state index < -0.39 is 11.7 Å². The van der Waals surface area contributed by atoms with Crippen molar-refractivity contribution in [1.82, 2.24) is 10.2 Å². The third-order valence-corrected chi connectivity index (χ3v) is 3.62. The molecule has 1 aromatic heterocycles. The summed E-state index contributed by atoms with van der Waals surface area (Å²) >= 11 is 6.08. The van der Waals surface area contributed by atoms with Gasteiger partial charge in [0.1, 0.15) is 0 Å². The van der Waals surface area contributed by atoms with E-state index in [1.807, 2.05) is 30.3 Å². The number of halogens is 4. The van der Waals surface area contributed by atoms with Gasteiger partial charge in [0.05, 0.1) is 11.3 Å². The lowest BCUT2D eigenvalue weighted by Crippen LogP contribution is -2.04. The fraction of sp³-hybridized carbons (Fsp3) is 0.0588. The number of nitrogens with zero attached hydrogens (tertiary/aromatic N) is 2. The van der Waals surface area contributed by atoms with Crippen molar-refractivity contribution < 1.29 is 13.2 Å². The average Bonchev–Trinajstić information content (AvgIpc) is 2.55. The van der Waals surface area contributed by atoms with Gasteiger partial charge in [-0.15, -0.1) is 10.2 Å². The summed E-state index contributed by atoms with van der Waals surface area (Å²) in [6, 6.07) is 15.9. The number of benzene rings is 2. The van der Waals surface area contributed by atoms with Crippen LogP contribution in [-0.4, -0.2) is 10.2 Å². The summed E-state index contributed by atoms with van der Waals surface area (Å²) in [5.74, 6) is 0. The molecule has 3 rings (SSSR count). The molecule has 0 spiro atoms. The smallest absolute Gasteiger partial charge is 0.166 e. The van der Waals surface area contributed by atoms with Gasteiger partial charge in [0.25, 0.3) is 0 Å². The lowest BCUT2D eigenvalue weighted by atomic mass is 10.0. The summed E-state index contributed by atoms with van der Waals surface area (Å²) in [7, 11) is 0. The number of aromatic nitrogens is 2. The van der Waals surface area contributed by atoms with Crippen molar-refractivity contribution in [2.45, 2.75) is 6.18 Å². The highest BCUT2D eigenvalue weighted by atomic mass is 35.5. The van der Waals surface area contributed by atoms with Crippen molar-refractivity contribution in [2.24, 2.45) is 0 Å². The van der Waals surface area contributed by atoms with Crippen LogP contribution in [0.1, 0.15) is 5.56 Å². The maximum Gasteiger partial charge on any atom is 0.416 e. The van der Waals surface area contributed by atoms with Gasteiger partial charge < -0.3 is 0 Å². The van der Waals surface area contributed by atoms with Crippen LogP contribution in [0.15, 0.2) is 60.7 Å². The first-order valence-electron chi connectivity index (χ1n) is 6.71. The second-order valence-electron chi connectivity index (χ2n) is 4.88. The quantitative estimate of drug-likeness (QED) is 0.620. The van der Waals surface area contributed by atoms with E-state index in [0.717, 1.165) is 17.7 Å². The van der Waals surface area contributed by atoms with E-state index in [0.29, 0.717) is 16.8 Å². The van der Waals surface area contributed by atoms with E-state index in [-0.39, 0.29) is 5.15 Å². The van der Waals surface area contributed by atoms with E-state index in [1.54, 1.807) is 6.07 Å². The van der Waals surface area contributed by atoms with Crippen LogP contribution in [0, 0.1) is 0 Å². The van der Waals surface area contributed by atoms with Gasteiger partial charge in [-0.3, -0.25) is 0 Å². The molecule has 0 fully saturated rings. The Balaban J connectivity index is 2.01. The molecule has 1 heterocycles. The molecule has 0 saturated heterocycles. The van der Waals surface area contributed by atoms with Crippen molar-refractivity contribution in [3.63, 3.8) is 0 Å². The van der Waals surface area contributed by atoms with Crippen LogP contribution in [0.2, 0.25) is 5.15 Å². The number of rotatable bonds is 2. The standard InChI is InChI=1S/C17H10ClF3N2/c18-16-14(11-4-2-1-3-5-11)10-15(22-23-16)12-6-8-13(9-7-12)17(19,20)21/h1-10H. The Labute approximate surface area is 135 Å². The van der Waals surface area contributed by atoms with Crippen molar-refractivity contribution >= 4 is 11.6 Å². The molecule has 0 atom stereocenters. The minimum absolute atomic E-state index is 0.242. The van der Waals surface area contributed by atoms with Gasteiger partial charge in [0.15, 0.2) is 5.15 Å². The van der Waals surface area contributed by atoms with Crippen molar-refractivity contribution in [3.05, 3.63) is 71.4 Å². The topological polar surface area (TPSA) is 25.8 Å². The molecule has 0 aliphatic heterocycles. The highest BCUT2D eigenvalue weighted by molar-refractivity contribution is 6.32. The molecule has 6 heteroatoms. The number of alkyl halides is 3. The fourth-order valence-corrected chi connectivity index (χ4v) is 2.37. The van der Waals surface area contributed by atoms with Gasteiger partial charge in [-0.05, 0) is 23.8 Å². The summed E-state index contributed by atoms with van der Waals surface area (Å²) in [4.78, 5) is 0. The summed E-state index contributed by atoms with van der Waals surface area (Å²) in [6.07, 6.45) is -4.36. The number of hydrogen-bond donors (Lipinski definition) is 0. The summed E-state index contributed by atoms with van der Waals surface area (Å²) < 4.78 is 37.8. The Morgan fingerprint density at radius 2 is 1.43 bits per heavy atom. The Kier molecular flexibility index (Phi) is 4.05. The van der Waals surface area contributed by atoms with Gasteiger partial charge in [-0.25, -0.2) is 0 Å². The molecule has 0 aliphatic rings. The largest absolute Gasteiger partial charge is 0.416 e. The highest BCUT2D eigenvalue weighted by Gasteiger charge is 2.30. The van der Waals surface area contributed by atoms with Crippen molar-refractivity contribution in [2.75, 3.05) is 0 Å². The summed E-state index contributed by atoms with van der Waals surface area (Å²) in [6.45, 7) is 0. The minimum Gasteiger partial charge on any atom is -0.166 e. The van der Waals surface area contributed by atoms with E-state index in [1.165, 1.54) is 12.1 Å². The molecule has 0 saturated carbocycles. The van der Waals surface area contributed by atoms with Gasteiger partial charge in [0, 0.05) is 11.1 Å². The third-order valence-electron chi connectivity index (χ3n) is 3.34. The number of hydrogen-bond acceptors (Lipinski definition) is 2. The first kappa shape index (κ1) is 15.5. The molecule has 0 amide bonds. The van der Waals surface area contributed by atoms with Crippen LogP contribution in [0.25, 0.3) is 22.4 Å². The Bertz CT molecular complexity index is 815. The van der Waals surface area contributed by atoms with Gasteiger partial charge in [-0.2, -0.15) is 13.2 Å². The first-order chi connectivity index (χ1) is 10.9. The summed E-state index contributed by atoms with van der Waals surface area (Å²) in [5, 5.41) is 8.10. The molecule has 0 unspecified atom stereocenters. The lowest BCUT2D eigenvalue weighted by Gasteiger charge is -2.09. The Morgan fingerprint density at radius 3 is 2.04 bits per heavy atom. The van der Waals surface area contributed by atoms with E-state index in [9.17, 15) is 13.2 Å². The molecule has 2 aromatic carbocycles. The zero-order valence-electron chi connectivity index (χ0n) is 11.7. The normalized spacial score (nSPS) is 11.5. The predicted molar refractivity (Wildman–Crippen MR) is 82.9 cm³/mol. The van der Waals surface area contributed by atoms with E-state index >= 15 is 0 Å². The lowest BCUT2D eigenvalue weighted by molar-refractivity contribution is -0.137. The maximum absolute atomic E-state index is 12.6. The maximum atomic E-state index is 12.6. The molecule has 23 heavy (non-hydrogen) atoms. The Morgan fingerprint density at radius 1 is 0.783 bits per heavy atom. The molecule has 0 aliphatic carbocycles. The molecular weight excluding hydrogens is 325 g/mol. The molecule has 116 valence electrons. The second kappa shape index (κ2) is 6.01. The predicted octanol–water partition coefficient (Wildman–Crippen LogP) is 5.48. The zero-order valence-corrected chi connectivity index (χ0v) is 12.4. The Hall–Kier alpha value is -2.40. The van der Waals surface area contributed by atoms with E-state index in [4.69, 9.17) is 11.6 Å². The molecule has 3 aromatic rings. The minimum atomic E-state index is -4.36. The van der Waals surface area contributed by atoms with Gasteiger partial charge in [-0.1, -0.05) is 54.1 Å². The molecule has 0 radical (unpaired) electrons. The van der Waals surface area contributed by atoms with Crippen LogP contribution in [-0.2, 0) is 6.18 Å². The molecule has 2 nitrogen and oxygen atoms in total. The second-order valence-corrected chi connectivity index (χ2v) is 5.23. The SMILES string of the molecule is FC(F)(F)c1ccc(-c2cc(-c3ccccc3)c(Cl)nn2)cc1. The molecular formula is C17H10ClF3N2. The first-order valence-corrected chi connectivity index (χ1v) is 7.09. The van der Waals surface area contributed by atoms with Gasteiger partial charge >= 0.3 is 6.18 Å². The monoisotopic (exact) mass is 334 g/mol.